The van der Waals surface area contributed by atoms with Gasteiger partial charge in [0.2, 0.25) is 0 Å². The predicted octanol–water partition coefficient (Wildman–Crippen LogP) is 6.19. The first-order chi connectivity index (χ1) is 9.97. The molecule has 2 aromatic carbocycles. The van der Waals surface area contributed by atoms with Gasteiger partial charge in [-0.2, -0.15) is 0 Å². The zero-order chi connectivity index (χ0) is 15.3. The van der Waals surface area contributed by atoms with Gasteiger partial charge >= 0.3 is 0 Å². The summed E-state index contributed by atoms with van der Waals surface area (Å²) in [6.07, 6.45) is 5.56. The number of allylic oxidation sites excluding steroid dienone is 1. The average Bonchev–Trinajstić information content (AvgIpc) is 2.47. The Labute approximate surface area is 129 Å². The highest BCUT2D eigenvalue weighted by molar-refractivity contribution is 5.48. The average molecular weight is 278 g/mol. The minimum Gasteiger partial charge on any atom is -0.0833 e. The lowest BCUT2D eigenvalue weighted by Gasteiger charge is -2.20. The molecule has 0 amide bonds. The lowest BCUT2D eigenvalue weighted by atomic mass is 9.85. The molecule has 0 bridgehead atoms. The van der Waals surface area contributed by atoms with E-state index in [2.05, 4.69) is 94.4 Å². The Balaban J connectivity index is 1.97. The van der Waals surface area contributed by atoms with Crippen LogP contribution < -0.4 is 0 Å². The molecule has 0 spiro atoms. The summed E-state index contributed by atoms with van der Waals surface area (Å²) in [5, 5.41) is 0. The van der Waals surface area contributed by atoms with Crippen LogP contribution in [0, 0.1) is 0 Å². The largest absolute Gasteiger partial charge is 0.0833 e. The fourth-order valence-electron chi connectivity index (χ4n) is 2.42. The van der Waals surface area contributed by atoms with E-state index in [-0.39, 0.29) is 5.41 Å². The van der Waals surface area contributed by atoms with Gasteiger partial charge in [-0.25, -0.2) is 0 Å². The first-order valence-corrected chi connectivity index (χ1v) is 7.79. The Morgan fingerprint density at radius 3 is 2.10 bits per heavy atom. The van der Waals surface area contributed by atoms with Gasteiger partial charge in [0.1, 0.15) is 0 Å². The number of rotatable bonds is 4. The van der Waals surface area contributed by atoms with Crippen molar-refractivity contribution >= 4 is 6.08 Å². The van der Waals surface area contributed by atoms with Gasteiger partial charge < -0.3 is 0 Å². The summed E-state index contributed by atoms with van der Waals surface area (Å²) in [5.74, 6) is 0.555. The quantitative estimate of drug-likeness (QED) is 0.625. The van der Waals surface area contributed by atoms with Crippen molar-refractivity contribution in [2.24, 2.45) is 0 Å². The molecule has 0 saturated carbocycles. The first kappa shape index (κ1) is 15.6. The van der Waals surface area contributed by atoms with Crippen LogP contribution in [0.15, 0.2) is 60.7 Å². The molecule has 0 aliphatic heterocycles. The molecule has 0 saturated heterocycles. The lowest BCUT2D eigenvalue weighted by Crippen LogP contribution is -2.10. The smallest absolute Gasteiger partial charge is 0.0132 e. The van der Waals surface area contributed by atoms with Gasteiger partial charge in [-0.05, 0) is 34.4 Å². The maximum Gasteiger partial charge on any atom is -0.0132 e. The molecule has 2 rings (SSSR count). The summed E-state index contributed by atoms with van der Waals surface area (Å²) in [7, 11) is 0. The van der Waals surface area contributed by atoms with Gasteiger partial charge in [0.25, 0.3) is 0 Å². The van der Waals surface area contributed by atoms with Crippen LogP contribution in [-0.4, -0.2) is 0 Å². The Bertz CT molecular complexity index is 568. The second-order valence-corrected chi connectivity index (χ2v) is 6.82. The van der Waals surface area contributed by atoms with E-state index in [4.69, 9.17) is 0 Å². The van der Waals surface area contributed by atoms with Crippen molar-refractivity contribution < 1.29 is 0 Å². The molecule has 1 atom stereocenters. The molecule has 0 N–H and O–H groups in total. The molecule has 1 unspecified atom stereocenters. The third kappa shape index (κ3) is 4.60. The van der Waals surface area contributed by atoms with E-state index in [1.54, 1.807) is 0 Å². The minimum absolute atomic E-state index is 0.231. The summed E-state index contributed by atoms with van der Waals surface area (Å²) in [5.41, 5.74) is 4.32. The van der Waals surface area contributed by atoms with Crippen LogP contribution in [0.5, 0.6) is 0 Å². The van der Waals surface area contributed by atoms with E-state index < -0.39 is 0 Å². The van der Waals surface area contributed by atoms with Gasteiger partial charge in [-0.15, -0.1) is 0 Å². The highest BCUT2D eigenvalue weighted by Crippen LogP contribution is 2.26. The molecule has 110 valence electrons. The van der Waals surface area contributed by atoms with Gasteiger partial charge in [-0.1, -0.05) is 94.4 Å². The summed E-state index contributed by atoms with van der Waals surface area (Å²) in [6, 6.07) is 19.6. The Kier molecular flexibility index (Phi) is 5.01. The van der Waals surface area contributed by atoms with Crippen LogP contribution in [0.2, 0.25) is 0 Å². The molecule has 2 aromatic rings. The Morgan fingerprint density at radius 1 is 0.905 bits per heavy atom. The molecule has 0 nitrogen and oxygen atoms in total. The van der Waals surface area contributed by atoms with E-state index >= 15 is 0 Å². The van der Waals surface area contributed by atoms with Crippen LogP contribution in [0.25, 0.3) is 6.08 Å². The van der Waals surface area contributed by atoms with Gasteiger partial charge in [-0.3, -0.25) is 0 Å². The fraction of sp³-hybridized carbons (Fsp3) is 0.333. The van der Waals surface area contributed by atoms with Crippen molar-refractivity contribution in [2.45, 2.75) is 45.4 Å². The standard InChI is InChI=1S/C21H26/c1-17(9-8-12-18-10-6-5-7-11-18)19-13-15-20(16-14-19)21(2,3)4/h5-8,10-17H,9H2,1-4H3/b12-8+. The number of hydrogen-bond acceptors (Lipinski definition) is 0. The van der Waals surface area contributed by atoms with Gasteiger partial charge in [0, 0.05) is 0 Å². The van der Waals surface area contributed by atoms with E-state index in [0.29, 0.717) is 5.92 Å². The van der Waals surface area contributed by atoms with Crippen molar-refractivity contribution in [3.05, 3.63) is 77.4 Å². The molecular formula is C21H26. The SMILES string of the molecule is CC(C/C=C/c1ccccc1)c1ccc(C(C)(C)C)cc1. The monoisotopic (exact) mass is 278 g/mol. The van der Waals surface area contributed by atoms with Crippen molar-refractivity contribution in [1.29, 1.82) is 0 Å². The highest BCUT2D eigenvalue weighted by atomic mass is 14.2. The first-order valence-electron chi connectivity index (χ1n) is 7.79. The molecule has 0 aliphatic rings. The van der Waals surface area contributed by atoms with Crippen LogP contribution >= 0.6 is 0 Å². The molecule has 0 heteroatoms. The molecular weight excluding hydrogens is 252 g/mol. The second-order valence-electron chi connectivity index (χ2n) is 6.82. The molecule has 0 heterocycles. The molecule has 0 aliphatic carbocycles. The van der Waals surface area contributed by atoms with E-state index in [1.165, 1.54) is 16.7 Å². The highest BCUT2D eigenvalue weighted by Gasteiger charge is 2.13. The number of hydrogen-bond donors (Lipinski definition) is 0. The molecule has 0 fully saturated rings. The zero-order valence-electron chi connectivity index (χ0n) is 13.6. The van der Waals surface area contributed by atoms with E-state index in [9.17, 15) is 0 Å². The predicted molar refractivity (Wildman–Crippen MR) is 93.7 cm³/mol. The minimum atomic E-state index is 0.231. The molecule has 0 aromatic heterocycles. The Morgan fingerprint density at radius 2 is 1.52 bits per heavy atom. The zero-order valence-corrected chi connectivity index (χ0v) is 13.6. The third-order valence-electron chi connectivity index (χ3n) is 3.95. The third-order valence-corrected chi connectivity index (χ3v) is 3.95. The van der Waals surface area contributed by atoms with E-state index in [0.717, 1.165) is 6.42 Å². The van der Waals surface area contributed by atoms with Crippen LogP contribution in [-0.2, 0) is 5.41 Å². The lowest BCUT2D eigenvalue weighted by molar-refractivity contribution is 0.589. The fourth-order valence-corrected chi connectivity index (χ4v) is 2.42. The second kappa shape index (κ2) is 6.76. The normalized spacial score (nSPS) is 13.5. The summed E-state index contributed by atoms with van der Waals surface area (Å²) in [4.78, 5) is 0. The topological polar surface area (TPSA) is 0 Å². The summed E-state index contributed by atoms with van der Waals surface area (Å²) >= 11 is 0. The maximum atomic E-state index is 2.29. The molecule has 0 radical (unpaired) electrons. The Hall–Kier alpha value is -1.82. The van der Waals surface area contributed by atoms with Crippen molar-refractivity contribution in [2.75, 3.05) is 0 Å². The van der Waals surface area contributed by atoms with E-state index in [1.807, 2.05) is 0 Å². The van der Waals surface area contributed by atoms with Crippen molar-refractivity contribution in [3.63, 3.8) is 0 Å². The summed E-state index contributed by atoms with van der Waals surface area (Å²) < 4.78 is 0. The maximum absolute atomic E-state index is 2.29. The molecule has 21 heavy (non-hydrogen) atoms. The number of benzene rings is 2. The summed E-state index contributed by atoms with van der Waals surface area (Å²) in [6.45, 7) is 9.07. The van der Waals surface area contributed by atoms with Crippen molar-refractivity contribution in [3.8, 4) is 0 Å². The van der Waals surface area contributed by atoms with Crippen LogP contribution in [0.4, 0.5) is 0 Å². The van der Waals surface area contributed by atoms with Gasteiger partial charge in [0.15, 0.2) is 0 Å². The van der Waals surface area contributed by atoms with Gasteiger partial charge in [0.05, 0.1) is 0 Å². The van der Waals surface area contributed by atoms with Crippen LogP contribution in [0.1, 0.15) is 56.7 Å². The van der Waals surface area contributed by atoms with Crippen molar-refractivity contribution in [1.82, 2.24) is 0 Å². The van der Waals surface area contributed by atoms with Crippen LogP contribution in [0.3, 0.4) is 0 Å².